The Morgan fingerprint density at radius 3 is 3.00 bits per heavy atom. The quantitative estimate of drug-likeness (QED) is 0.868. The molecule has 0 spiro atoms. The number of nitrogens with zero attached hydrogens (tertiary/aromatic N) is 1. The highest BCUT2D eigenvalue weighted by atomic mass is 35.5. The zero-order valence-electron chi connectivity index (χ0n) is 12.8. The van der Waals surface area contributed by atoms with Gasteiger partial charge in [0.15, 0.2) is 0 Å². The van der Waals surface area contributed by atoms with E-state index in [-0.39, 0.29) is 18.3 Å². The summed E-state index contributed by atoms with van der Waals surface area (Å²) >= 11 is 0. The van der Waals surface area contributed by atoms with E-state index >= 15 is 0 Å². The first-order valence-electron chi connectivity index (χ1n) is 7.37. The molecular weight excluding hydrogens is 284 g/mol. The third-order valence-electron chi connectivity index (χ3n) is 3.78. The zero-order valence-corrected chi connectivity index (χ0v) is 13.7. The number of carbonyl (C=O) groups excluding carboxylic acids is 1. The van der Waals surface area contributed by atoms with Crippen molar-refractivity contribution in [2.75, 3.05) is 26.7 Å². The fraction of sp³-hybridized carbons (Fsp3) is 0.471. The average Bonchev–Trinajstić information content (AvgIpc) is 2.45. The molecule has 1 unspecified atom stereocenters. The molecule has 1 aromatic carbocycles. The monoisotopic (exact) mass is 308 g/mol. The predicted molar refractivity (Wildman–Crippen MR) is 90.7 cm³/mol. The second kappa shape index (κ2) is 8.85. The van der Waals surface area contributed by atoms with Crippen LogP contribution in [0, 0.1) is 12.8 Å². The van der Waals surface area contributed by atoms with Crippen molar-refractivity contribution in [3.8, 4) is 0 Å². The van der Waals surface area contributed by atoms with Crippen LogP contribution < -0.4 is 5.32 Å². The molecule has 3 nitrogen and oxygen atoms in total. The van der Waals surface area contributed by atoms with Crippen LogP contribution in [0.3, 0.4) is 0 Å². The molecule has 1 aliphatic rings. The van der Waals surface area contributed by atoms with E-state index in [1.165, 1.54) is 12.0 Å². The van der Waals surface area contributed by atoms with Crippen molar-refractivity contribution in [2.45, 2.75) is 19.8 Å². The SMILES string of the molecule is CNCC1CCCN(C(=O)C=Cc2cccc(C)c2)C1.Cl. The molecule has 0 bridgehead atoms. The minimum Gasteiger partial charge on any atom is -0.339 e. The molecule has 0 aliphatic carbocycles. The number of benzene rings is 1. The lowest BCUT2D eigenvalue weighted by atomic mass is 9.98. The number of carbonyl (C=O) groups is 1. The second-order valence-electron chi connectivity index (χ2n) is 5.60. The van der Waals surface area contributed by atoms with Crippen LogP contribution >= 0.6 is 12.4 Å². The van der Waals surface area contributed by atoms with E-state index in [2.05, 4.69) is 24.4 Å². The summed E-state index contributed by atoms with van der Waals surface area (Å²) in [4.78, 5) is 14.2. The van der Waals surface area contributed by atoms with Gasteiger partial charge in [0, 0.05) is 19.2 Å². The van der Waals surface area contributed by atoms with Gasteiger partial charge in [-0.05, 0) is 50.9 Å². The van der Waals surface area contributed by atoms with E-state index in [0.29, 0.717) is 5.92 Å². The van der Waals surface area contributed by atoms with Crippen LogP contribution in [-0.2, 0) is 4.79 Å². The van der Waals surface area contributed by atoms with Gasteiger partial charge in [0.05, 0.1) is 0 Å². The lowest BCUT2D eigenvalue weighted by Crippen LogP contribution is -2.41. The summed E-state index contributed by atoms with van der Waals surface area (Å²) < 4.78 is 0. The molecule has 0 aromatic heterocycles. The number of piperidine rings is 1. The van der Waals surface area contributed by atoms with Gasteiger partial charge < -0.3 is 10.2 Å². The maximum absolute atomic E-state index is 12.2. The highest BCUT2D eigenvalue weighted by Crippen LogP contribution is 2.16. The lowest BCUT2D eigenvalue weighted by Gasteiger charge is -2.32. The molecule has 116 valence electrons. The molecule has 1 saturated heterocycles. The van der Waals surface area contributed by atoms with Gasteiger partial charge in [-0.3, -0.25) is 4.79 Å². The summed E-state index contributed by atoms with van der Waals surface area (Å²) in [6.07, 6.45) is 5.94. The van der Waals surface area contributed by atoms with Crippen LogP contribution in [0.4, 0.5) is 0 Å². The van der Waals surface area contributed by atoms with E-state index in [4.69, 9.17) is 0 Å². The van der Waals surface area contributed by atoms with Crippen molar-refractivity contribution in [1.29, 1.82) is 0 Å². The number of amides is 1. The largest absolute Gasteiger partial charge is 0.339 e. The van der Waals surface area contributed by atoms with E-state index < -0.39 is 0 Å². The highest BCUT2D eigenvalue weighted by Gasteiger charge is 2.21. The van der Waals surface area contributed by atoms with E-state index in [9.17, 15) is 4.79 Å². The molecule has 0 saturated carbocycles. The number of likely N-dealkylation sites (tertiary alicyclic amines) is 1. The van der Waals surface area contributed by atoms with E-state index in [1.54, 1.807) is 6.08 Å². The molecule has 1 aliphatic heterocycles. The zero-order chi connectivity index (χ0) is 14.4. The van der Waals surface area contributed by atoms with Gasteiger partial charge in [0.2, 0.25) is 5.91 Å². The second-order valence-corrected chi connectivity index (χ2v) is 5.60. The van der Waals surface area contributed by atoms with Gasteiger partial charge in [-0.25, -0.2) is 0 Å². The van der Waals surface area contributed by atoms with Crippen molar-refractivity contribution in [1.82, 2.24) is 10.2 Å². The van der Waals surface area contributed by atoms with Crippen LogP contribution in [-0.4, -0.2) is 37.5 Å². The third kappa shape index (κ3) is 5.52. The van der Waals surface area contributed by atoms with Gasteiger partial charge in [-0.15, -0.1) is 12.4 Å². The highest BCUT2D eigenvalue weighted by molar-refractivity contribution is 5.91. The summed E-state index contributed by atoms with van der Waals surface area (Å²) in [7, 11) is 1.97. The molecule has 2 rings (SSSR count). The Balaban J connectivity index is 0.00000220. The van der Waals surface area contributed by atoms with Gasteiger partial charge in [0.1, 0.15) is 0 Å². The molecule has 1 fully saturated rings. The number of halogens is 1. The topological polar surface area (TPSA) is 32.3 Å². The van der Waals surface area contributed by atoms with Gasteiger partial charge in [-0.2, -0.15) is 0 Å². The number of hydrogen-bond donors (Lipinski definition) is 1. The van der Waals surface area contributed by atoms with Crippen LogP contribution in [0.25, 0.3) is 6.08 Å². The summed E-state index contributed by atoms with van der Waals surface area (Å²) in [5.74, 6) is 0.720. The first kappa shape index (κ1) is 17.7. The third-order valence-corrected chi connectivity index (χ3v) is 3.78. The fourth-order valence-corrected chi connectivity index (χ4v) is 2.77. The van der Waals surface area contributed by atoms with Crippen molar-refractivity contribution in [3.05, 3.63) is 41.5 Å². The summed E-state index contributed by atoms with van der Waals surface area (Å²) in [5, 5.41) is 3.20. The predicted octanol–water partition coefficient (Wildman–Crippen LogP) is 2.89. The Hall–Kier alpha value is -1.32. The maximum atomic E-state index is 12.2. The Morgan fingerprint density at radius 2 is 2.29 bits per heavy atom. The molecular formula is C17H25ClN2O. The van der Waals surface area contributed by atoms with Gasteiger partial charge in [0.25, 0.3) is 0 Å². The average molecular weight is 309 g/mol. The molecule has 1 amide bonds. The molecule has 1 heterocycles. The lowest BCUT2D eigenvalue weighted by molar-refractivity contribution is -0.127. The van der Waals surface area contributed by atoms with Crippen LogP contribution in [0.15, 0.2) is 30.3 Å². The van der Waals surface area contributed by atoms with Crippen molar-refractivity contribution in [3.63, 3.8) is 0 Å². The molecule has 1 N–H and O–H groups in total. The molecule has 0 radical (unpaired) electrons. The van der Waals surface area contributed by atoms with E-state index in [1.807, 2.05) is 30.2 Å². The van der Waals surface area contributed by atoms with Crippen LogP contribution in [0.2, 0.25) is 0 Å². The van der Waals surface area contributed by atoms with Crippen molar-refractivity contribution >= 4 is 24.4 Å². The molecule has 21 heavy (non-hydrogen) atoms. The fourth-order valence-electron chi connectivity index (χ4n) is 2.77. The minimum absolute atomic E-state index is 0. The first-order chi connectivity index (χ1) is 9.69. The van der Waals surface area contributed by atoms with Crippen LogP contribution in [0.5, 0.6) is 0 Å². The normalized spacial score (nSPS) is 18.6. The number of nitrogens with one attached hydrogen (secondary N) is 1. The standard InChI is InChI=1S/C17H24N2O.ClH/c1-14-5-3-6-15(11-14)8-9-17(20)19-10-4-7-16(13-19)12-18-2;/h3,5-6,8-9,11,16,18H,4,7,10,12-13H2,1-2H3;1H. The summed E-state index contributed by atoms with van der Waals surface area (Å²) in [6, 6.07) is 8.19. The first-order valence-corrected chi connectivity index (χ1v) is 7.37. The van der Waals surface area contributed by atoms with Gasteiger partial charge in [-0.1, -0.05) is 29.8 Å². The molecule has 1 atom stereocenters. The number of rotatable bonds is 4. The Morgan fingerprint density at radius 1 is 1.48 bits per heavy atom. The minimum atomic E-state index is 0. The molecule has 1 aromatic rings. The number of hydrogen-bond acceptors (Lipinski definition) is 2. The smallest absolute Gasteiger partial charge is 0.246 e. The van der Waals surface area contributed by atoms with Crippen LogP contribution in [0.1, 0.15) is 24.0 Å². The van der Waals surface area contributed by atoms with E-state index in [0.717, 1.165) is 31.6 Å². The number of aryl methyl sites for hydroxylation is 1. The Kier molecular flexibility index (Phi) is 7.48. The van der Waals surface area contributed by atoms with Gasteiger partial charge >= 0.3 is 0 Å². The maximum Gasteiger partial charge on any atom is 0.246 e. The van der Waals surface area contributed by atoms with Crippen molar-refractivity contribution in [2.24, 2.45) is 5.92 Å². The summed E-state index contributed by atoms with van der Waals surface area (Å²) in [6.45, 7) is 4.81. The van der Waals surface area contributed by atoms with Crippen molar-refractivity contribution < 1.29 is 4.79 Å². The Bertz CT molecular complexity index is 485. The molecule has 4 heteroatoms. The summed E-state index contributed by atoms with van der Waals surface area (Å²) in [5.41, 5.74) is 2.30. The Labute approximate surface area is 133 Å².